The van der Waals surface area contributed by atoms with Crippen molar-refractivity contribution in [2.75, 3.05) is 11.4 Å². The third kappa shape index (κ3) is 2.12. The first-order chi connectivity index (χ1) is 9.16. The van der Waals surface area contributed by atoms with Gasteiger partial charge in [-0.15, -0.1) is 0 Å². The van der Waals surface area contributed by atoms with Gasteiger partial charge in [0.25, 0.3) is 11.9 Å². The van der Waals surface area contributed by atoms with Crippen molar-refractivity contribution < 1.29 is 4.79 Å². The summed E-state index contributed by atoms with van der Waals surface area (Å²) in [7, 11) is 0. The number of aryl methyl sites for hydroxylation is 2. The van der Waals surface area contributed by atoms with E-state index in [9.17, 15) is 4.79 Å². The Hall–Kier alpha value is -1.83. The molecule has 0 unspecified atom stereocenters. The third-order valence-electron chi connectivity index (χ3n) is 3.00. The Bertz CT molecular complexity index is 640. The molecule has 0 atom stereocenters. The molecule has 0 spiro atoms. The predicted molar refractivity (Wildman–Crippen MR) is 70.8 cm³/mol. The fourth-order valence-corrected chi connectivity index (χ4v) is 2.55. The minimum Gasteiger partial charge on any atom is -0.274 e. The minimum atomic E-state index is -0.166. The van der Waals surface area contributed by atoms with Crippen molar-refractivity contribution in [2.24, 2.45) is 0 Å². The molecule has 98 valence electrons. The lowest BCUT2D eigenvalue weighted by Crippen LogP contribution is -2.38. The van der Waals surface area contributed by atoms with Crippen LogP contribution in [-0.2, 0) is 6.54 Å². The molecule has 0 fully saturated rings. The van der Waals surface area contributed by atoms with Gasteiger partial charge >= 0.3 is 0 Å². The van der Waals surface area contributed by atoms with Gasteiger partial charge in [0, 0.05) is 23.8 Å². The smallest absolute Gasteiger partial charge is 0.274 e. The molecule has 8 heteroatoms. The van der Waals surface area contributed by atoms with Crippen LogP contribution < -0.4 is 4.90 Å². The molecule has 3 heterocycles. The van der Waals surface area contributed by atoms with Gasteiger partial charge in [-0.25, -0.2) is 9.67 Å². The van der Waals surface area contributed by atoms with E-state index in [1.54, 1.807) is 15.8 Å². The Morgan fingerprint density at radius 2 is 2.26 bits per heavy atom. The van der Waals surface area contributed by atoms with Gasteiger partial charge in [0.1, 0.15) is 5.69 Å². The first-order valence-corrected chi connectivity index (χ1v) is 6.66. The van der Waals surface area contributed by atoms with Crippen LogP contribution in [0.2, 0.25) is 0 Å². The first kappa shape index (κ1) is 12.2. The number of aromatic nitrogens is 5. The number of rotatable bonds is 1. The summed E-state index contributed by atoms with van der Waals surface area (Å²) in [5.74, 6) is 0.320. The summed E-state index contributed by atoms with van der Waals surface area (Å²) in [5.41, 5.74) is 1.25. The van der Waals surface area contributed by atoms with Crippen molar-refractivity contribution in [1.82, 2.24) is 25.2 Å². The summed E-state index contributed by atoms with van der Waals surface area (Å²) in [6, 6.07) is 1.87. The number of nitrogens with zero attached hydrogens (tertiary/aromatic N) is 6. The average Bonchev–Trinajstić information content (AvgIpc) is 2.86. The number of tetrazole rings is 1. The van der Waals surface area contributed by atoms with Crippen molar-refractivity contribution in [3.05, 3.63) is 28.0 Å². The van der Waals surface area contributed by atoms with E-state index < -0.39 is 0 Å². The highest BCUT2D eigenvalue weighted by atomic mass is 79.9. The Morgan fingerprint density at radius 1 is 1.42 bits per heavy atom. The van der Waals surface area contributed by atoms with Crippen molar-refractivity contribution >= 4 is 27.8 Å². The molecule has 0 N–H and O–H groups in total. The zero-order chi connectivity index (χ0) is 13.4. The van der Waals surface area contributed by atoms with Gasteiger partial charge in [-0.2, -0.15) is 0 Å². The Kier molecular flexibility index (Phi) is 3.02. The molecule has 0 aromatic carbocycles. The molecule has 19 heavy (non-hydrogen) atoms. The van der Waals surface area contributed by atoms with Gasteiger partial charge < -0.3 is 0 Å². The van der Waals surface area contributed by atoms with Gasteiger partial charge in [0.15, 0.2) is 0 Å². The van der Waals surface area contributed by atoms with E-state index in [1.807, 2.05) is 13.0 Å². The SMILES string of the molecule is Cc1cc(Br)cnc1C(=O)N1CCCn2nnnc21. The summed E-state index contributed by atoms with van der Waals surface area (Å²) < 4.78 is 2.49. The normalized spacial score (nSPS) is 14.3. The monoisotopic (exact) mass is 322 g/mol. The van der Waals surface area contributed by atoms with Crippen LogP contribution in [0.25, 0.3) is 0 Å². The molecule has 2 aromatic rings. The van der Waals surface area contributed by atoms with Crippen molar-refractivity contribution in [1.29, 1.82) is 0 Å². The highest BCUT2D eigenvalue weighted by Gasteiger charge is 2.28. The Morgan fingerprint density at radius 3 is 3.05 bits per heavy atom. The zero-order valence-corrected chi connectivity index (χ0v) is 11.8. The fourth-order valence-electron chi connectivity index (χ4n) is 2.10. The zero-order valence-electron chi connectivity index (χ0n) is 10.2. The molecular formula is C11H11BrN6O. The fraction of sp³-hybridized carbons (Fsp3) is 0.364. The summed E-state index contributed by atoms with van der Waals surface area (Å²) in [6.45, 7) is 3.20. The van der Waals surface area contributed by atoms with E-state index in [0.29, 0.717) is 18.2 Å². The van der Waals surface area contributed by atoms with E-state index in [4.69, 9.17) is 0 Å². The summed E-state index contributed by atoms with van der Waals surface area (Å²) in [6.07, 6.45) is 2.45. The standard InChI is InChI=1S/C11H11BrN6O/c1-7-5-8(12)6-13-9(7)10(19)17-3-2-4-18-11(17)14-15-16-18/h5-6H,2-4H2,1H3. The van der Waals surface area contributed by atoms with Crippen molar-refractivity contribution in [3.8, 4) is 0 Å². The molecule has 0 bridgehead atoms. The quantitative estimate of drug-likeness (QED) is 0.788. The number of anilines is 1. The molecule has 0 aliphatic carbocycles. The van der Waals surface area contributed by atoms with E-state index in [-0.39, 0.29) is 5.91 Å². The number of hydrogen-bond donors (Lipinski definition) is 0. The van der Waals surface area contributed by atoms with Crippen molar-refractivity contribution in [2.45, 2.75) is 19.9 Å². The lowest BCUT2D eigenvalue weighted by Gasteiger charge is -2.25. The highest BCUT2D eigenvalue weighted by Crippen LogP contribution is 2.20. The van der Waals surface area contributed by atoms with Gasteiger partial charge in [-0.3, -0.25) is 9.69 Å². The number of hydrogen-bond acceptors (Lipinski definition) is 5. The Balaban J connectivity index is 1.98. The van der Waals surface area contributed by atoms with E-state index in [0.717, 1.165) is 23.0 Å². The first-order valence-electron chi connectivity index (χ1n) is 5.87. The van der Waals surface area contributed by atoms with Crippen LogP contribution in [0.5, 0.6) is 0 Å². The summed E-state index contributed by atoms with van der Waals surface area (Å²) >= 11 is 3.34. The van der Waals surface area contributed by atoms with Gasteiger partial charge in [0.2, 0.25) is 0 Å². The predicted octanol–water partition coefficient (Wildman–Crippen LogP) is 1.19. The molecule has 0 radical (unpaired) electrons. The van der Waals surface area contributed by atoms with Crippen LogP contribution >= 0.6 is 15.9 Å². The van der Waals surface area contributed by atoms with Crippen LogP contribution in [0, 0.1) is 6.92 Å². The maximum Gasteiger partial charge on any atom is 0.279 e. The summed E-state index contributed by atoms with van der Waals surface area (Å²) in [5, 5.41) is 11.4. The largest absolute Gasteiger partial charge is 0.279 e. The molecule has 0 saturated heterocycles. The lowest BCUT2D eigenvalue weighted by molar-refractivity contribution is 0.0975. The van der Waals surface area contributed by atoms with Gasteiger partial charge in [0.05, 0.1) is 0 Å². The number of pyridine rings is 1. The van der Waals surface area contributed by atoms with Gasteiger partial charge in [-0.1, -0.05) is 5.10 Å². The second kappa shape index (κ2) is 4.69. The molecule has 2 aromatic heterocycles. The lowest BCUT2D eigenvalue weighted by atomic mass is 10.2. The second-order valence-corrected chi connectivity index (χ2v) is 5.25. The van der Waals surface area contributed by atoms with Crippen LogP contribution in [0.1, 0.15) is 22.5 Å². The van der Waals surface area contributed by atoms with Crippen molar-refractivity contribution in [3.63, 3.8) is 0 Å². The molecular weight excluding hydrogens is 312 g/mol. The average molecular weight is 323 g/mol. The molecule has 1 aliphatic heterocycles. The highest BCUT2D eigenvalue weighted by molar-refractivity contribution is 9.10. The molecule has 1 aliphatic rings. The van der Waals surface area contributed by atoms with E-state index >= 15 is 0 Å². The van der Waals surface area contributed by atoms with Crippen LogP contribution in [0.4, 0.5) is 5.95 Å². The number of fused-ring (bicyclic) bond motifs is 1. The third-order valence-corrected chi connectivity index (χ3v) is 3.43. The van der Waals surface area contributed by atoms with E-state index in [2.05, 4.69) is 36.4 Å². The van der Waals surface area contributed by atoms with E-state index in [1.165, 1.54) is 0 Å². The number of halogens is 1. The van der Waals surface area contributed by atoms with Gasteiger partial charge in [-0.05, 0) is 51.3 Å². The number of carbonyl (C=O) groups excluding carboxylic acids is 1. The van der Waals surface area contributed by atoms with Crippen LogP contribution in [0.3, 0.4) is 0 Å². The molecule has 1 amide bonds. The Labute approximate surface area is 117 Å². The molecule has 3 rings (SSSR count). The minimum absolute atomic E-state index is 0.166. The summed E-state index contributed by atoms with van der Waals surface area (Å²) in [4.78, 5) is 18.3. The maximum atomic E-state index is 12.5. The maximum absolute atomic E-state index is 12.5. The number of amides is 1. The van der Waals surface area contributed by atoms with Crippen LogP contribution in [0.15, 0.2) is 16.7 Å². The topological polar surface area (TPSA) is 76.8 Å². The molecule has 0 saturated carbocycles. The second-order valence-electron chi connectivity index (χ2n) is 4.33. The number of carbonyl (C=O) groups is 1. The van der Waals surface area contributed by atoms with Crippen LogP contribution in [-0.4, -0.2) is 37.6 Å². The molecule has 7 nitrogen and oxygen atoms in total.